The zero-order valence-electron chi connectivity index (χ0n) is 22.6. The summed E-state index contributed by atoms with van der Waals surface area (Å²) in [6.07, 6.45) is 2.43. The minimum Gasteiger partial charge on any atom is -0.495 e. The van der Waals surface area contributed by atoms with Gasteiger partial charge in [-0.25, -0.2) is 9.97 Å². The number of hydrogen-bond donors (Lipinski definition) is 3. The zero-order valence-corrected chi connectivity index (χ0v) is 24.2. The Hall–Kier alpha value is -3.79. The lowest BCUT2D eigenvalue weighted by atomic mass is 10.0. The van der Waals surface area contributed by atoms with Crippen LogP contribution in [0, 0.1) is 12.8 Å². The minimum atomic E-state index is 0.340. The maximum absolute atomic E-state index is 11.2. The average Bonchev–Trinajstić information content (AvgIpc) is 2.92. The zero-order chi connectivity index (χ0) is 28.4. The quantitative estimate of drug-likeness (QED) is 0.190. The number of nitrogens with one attached hydrogen (secondary N) is 3. The van der Waals surface area contributed by atoms with Crippen molar-refractivity contribution in [1.82, 2.24) is 14.9 Å². The Morgan fingerprint density at radius 1 is 1.10 bits per heavy atom. The van der Waals surface area contributed by atoms with Crippen molar-refractivity contribution in [3.05, 3.63) is 58.2 Å². The van der Waals surface area contributed by atoms with Crippen molar-refractivity contribution in [2.24, 2.45) is 5.92 Å². The molecule has 1 fully saturated rings. The third-order valence-corrected chi connectivity index (χ3v) is 7.73. The van der Waals surface area contributed by atoms with Crippen LogP contribution in [0.15, 0.2) is 42.6 Å². The first-order chi connectivity index (χ1) is 19.3. The number of benzene rings is 2. The van der Waals surface area contributed by atoms with E-state index in [2.05, 4.69) is 32.9 Å². The van der Waals surface area contributed by atoms with Gasteiger partial charge >= 0.3 is 0 Å². The standard InChI is InChI=1S/C29H30Cl2N6O3/c1-16-6-5-7-20(34-15-38)28(16)36-24-9-19-18(12-32-24)8-21(35-29(19)33-11-17-13-37(2)14-17)25-26(30)22(39-3)10-23(40-4)27(25)31/h5-10,12,15,17H,11,13-14H2,1-4H3,(H,32,36)(H,33,35)(H,34,38). The fraction of sp³-hybridized carbons (Fsp3) is 0.276. The molecule has 1 saturated heterocycles. The first-order valence-electron chi connectivity index (χ1n) is 12.7. The maximum Gasteiger partial charge on any atom is 0.211 e. The van der Waals surface area contributed by atoms with Crippen LogP contribution in [0.25, 0.3) is 22.0 Å². The molecule has 11 heteroatoms. The molecule has 5 rings (SSSR count). The number of nitrogens with zero attached hydrogens (tertiary/aromatic N) is 3. The van der Waals surface area contributed by atoms with Gasteiger partial charge in [0.25, 0.3) is 0 Å². The number of carbonyl (C=O) groups is 1. The number of aryl methyl sites for hydroxylation is 1. The molecule has 1 aliphatic heterocycles. The molecule has 9 nitrogen and oxygen atoms in total. The van der Waals surface area contributed by atoms with Gasteiger partial charge in [0, 0.05) is 54.2 Å². The van der Waals surface area contributed by atoms with E-state index in [0.717, 1.165) is 41.7 Å². The summed E-state index contributed by atoms with van der Waals surface area (Å²) in [5, 5.41) is 12.0. The summed E-state index contributed by atoms with van der Waals surface area (Å²) in [5.41, 5.74) is 3.46. The highest BCUT2D eigenvalue weighted by molar-refractivity contribution is 6.41. The topological polar surface area (TPSA) is 101 Å². The largest absolute Gasteiger partial charge is 0.495 e. The molecule has 3 heterocycles. The van der Waals surface area contributed by atoms with Crippen molar-refractivity contribution in [1.29, 1.82) is 0 Å². The Kier molecular flexibility index (Phi) is 8.16. The van der Waals surface area contributed by atoms with E-state index in [4.69, 9.17) is 37.7 Å². The van der Waals surface area contributed by atoms with Gasteiger partial charge in [-0.1, -0.05) is 35.3 Å². The van der Waals surface area contributed by atoms with Gasteiger partial charge in [-0.3, -0.25) is 4.79 Å². The number of methoxy groups -OCH3 is 2. The third-order valence-electron chi connectivity index (χ3n) is 6.98. The van der Waals surface area contributed by atoms with E-state index >= 15 is 0 Å². The van der Waals surface area contributed by atoms with Gasteiger partial charge in [-0.05, 0) is 37.7 Å². The molecule has 40 heavy (non-hydrogen) atoms. The Morgan fingerprint density at radius 2 is 1.82 bits per heavy atom. The van der Waals surface area contributed by atoms with Crippen LogP contribution < -0.4 is 25.4 Å². The molecule has 0 saturated carbocycles. The van der Waals surface area contributed by atoms with E-state index < -0.39 is 0 Å². The van der Waals surface area contributed by atoms with Gasteiger partial charge in [0.05, 0.1) is 41.3 Å². The van der Waals surface area contributed by atoms with Gasteiger partial charge in [-0.2, -0.15) is 0 Å². The molecule has 0 spiro atoms. The lowest BCUT2D eigenvalue weighted by Crippen LogP contribution is -2.46. The molecule has 0 unspecified atom stereocenters. The van der Waals surface area contributed by atoms with Crippen LogP contribution in [-0.4, -0.2) is 62.2 Å². The number of amides is 1. The Bertz CT molecular complexity index is 1550. The first kappa shape index (κ1) is 27.8. The van der Waals surface area contributed by atoms with Gasteiger partial charge in [-0.15, -0.1) is 0 Å². The summed E-state index contributed by atoms with van der Waals surface area (Å²) < 4.78 is 11.0. The fourth-order valence-corrected chi connectivity index (χ4v) is 5.63. The lowest BCUT2D eigenvalue weighted by Gasteiger charge is -2.36. The molecule has 2 aromatic heterocycles. The molecule has 1 amide bonds. The maximum atomic E-state index is 11.2. The van der Waals surface area contributed by atoms with Crippen molar-refractivity contribution in [2.45, 2.75) is 6.92 Å². The predicted molar refractivity (Wildman–Crippen MR) is 162 cm³/mol. The molecule has 4 aromatic rings. The minimum absolute atomic E-state index is 0.340. The molecule has 0 atom stereocenters. The second-order valence-electron chi connectivity index (χ2n) is 9.78. The van der Waals surface area contributed by atoms with Crippen molar-refractivity contribution in [2.75, 3.05) is 56.9 Å². The summed E-state index contributed by atoms with van der Waals surface area (Å²) in [7, 11) is 5.18. The molecule has 0 radical (unpaired) electrons. The Labute approximate surface area is 242 Å². The second kappa shape index (κ2) is 11.8. The number of hydrogen-bond acceptors (Lipinski definition) is 8. The van der Waals surface area contributed by atoms with Gasteiger partial charge in [0.2, 0.25) is 6.41 Å². The number of rotatable bonds is 10. The second-order valence-corrected chi connectivity index (χ2v) is 10.5. The molecule has 2 aromatic carbocycles. The number of fused-ring (bicyclic) bond motifs is 1. The van der Waals surface area contributed by atoms with E-state index in [-0.39, 0.29) is 0 Å². The van der Waals surface area contributed by atoms with Crippen LogP contribution in [0.4, 0.5) is 23.0 Å². The molecule has 0 bridgehead atoms. The van der Waals surface area contributed by atoms with Crippen molar-refractivity contribution in [3.8, 4) is 22.8 Å². The predicted octanol–water partition coefficient (Wildman–Crippen LogP) is 6.21. The normalized spacial score (nSPS) is 13.6. The third kappa shape index (κ3) is 5.45. The van der Waals surface area contributed by atoms with Gasteiger partial charge in [0.15, 0.2) is 0 Å². The fourth-order valence-electron chi connectivity index (χ4n) is 4.93. The van der Waals surface area contributed by atoms with Crippen LogP contribution in [0.5, 0.6) is 11.5 Å². The Balaban J connectivity index is 1.61. The number of aromatic nitrogens is 2. The Morgan fingerprint density at radius 3 is 2.48 bits per heavy atom. The summed E-state index contributed by atoms with van der Waals surface area (Å²) in [5.74, 6) is 2.66. The van der Waals surface area contributed by atoms with Crippen LogP contribution in [0.3, 0.4) is 0 Å². The van der Waals surface area contributed by atoms with Gasteiger partial charge in [0.1, 0.15) is 23.1 Å². The summed E-state index contributed by atoms with van der Waals surface area (Å²) in [6, 6.07) is 11.2. The SMILES string of the molecule is COc1cc(OC)c(Cl)c(-c2cc3cnc(Nc4c(C)cccc4NC=O)cc3c(NCC3CN(C)C3)n2)c1Cl. The summed E-state index contributed by atoms with van der Waals surface area (Å²) >= 11 is 13.5. The smallest absolute Gasteiger partial charge is 0.211 e. The van der Waals surface area contributed by atoms with Gasteiger partial charge < -0.3 is 30.3 Å². The monoisotopic (exact) mass is 580 g/mol. The van der Waals surface area contributed by atoms with Crippen LogP contribution in [0.2, 0.25) is 10.0 Å². The highest BCUT2D eigenvalue weighted by Crippen LogP contribution is 2.46. The number of likely N-dealkylation sites (tertiary alicyclic amines) is 1. The molecule has 208 valence electrons. The highest BCUT2D eigenvalue weighted by atomic mass is 35.5. The highest BCUT2D eigenvalue weighted by Gasteiger charge is 2.24. The lowest BCUT2D eigenvalue weighted by molar-refractivity contribution is -0.105. The number of halogens is 2. The van der Waals surface area contributed by atoms with E-state index in [0.29, 0.717) is 62.5 Å². The number of para-hydroxylation sites is 1. The van der Waals surface area contributed by atoms with Crippen LogP contribution in [0.1, 0.15) is 5.56 Å². The van der Waals surface area contributed by atoms with Crippen molar-refractivity contribution < 1.29 is 14.3 Å². The van der Waals surface area contributed by atoms with Crippen molar-refractivity contribution >= 4 is 63.4 Å². The number of pyridine rings is 2. The van der Waals surface area contributed by atoms with Crippen molar-refractivity contribution in [3.63, 3.8) is 0 Å². The summed E-state index contributed by atoms with van der Waals surface area (Å²) in [6.45, 7) is 4.76. The molecular weight excluding hydrogens is 551 g/mol. The molecule has 0 aliphatic carbocycles. The molecule has 1 aliphatic rings. The number of ether oxygens (including phenoxy) is 2. The van der Waals surface area contributed by atoms with Crippen LogP contribution in [-0.2, 0) is 4.79 Å². The molecular formula is C29H30Cl2N6O3. The first-order valence-corrected chi connectivity index (χ1v) is 13.5. The van der Waals surface area contributed by atoms with E-state index in [1.807, 2.05) is 37.3 Å². The average molecular weight is 582 g/mol. The van der Waals surface area contributed by atoms with Crippen LogP contribution >= 0.6 is 23.2 Å². The number of anilines is 4. The van der Waals surface area contributed by atoms with E-state index in [1.54, 1.807) is 12.3 Å². The van der Waals surface area contributed by atoms with E-state index in [1.165, 1.54) is 14.2 Å². The summed E-state index contributed by atoms with van der Waals surface area (Å²) in [4.78, 5) is 23.1. The molecule has 3 N–H and O–H groups in total. The van der Waals surface area contributed by atoms with E-state index in [9.17, 15) is 4.79 Å². The number of carbonyl (C=O) groups excluding carboxylic acids is 1.